The van der Waals surface area contributed by atoms with Crippen LogP contribution in [0.2, 0.25) is 0 Å². The molecule has 146 valence electrons. The molecule has 2 heterocycles. The number of aliphatic hydroxyl groups excluding tert-OH is 1. The summed E-state index contributed by atoms with van der Waals surface area (Å²) in [5.74, 6) is 1.63. The van der Waals surface area contributed by atoms with Gasteiger partial charge in [-0.25, -0.2) is 0 Å². The van der Waals surface area contributed by atoms with Crippen molar-refractivity contribution in [1.29, 1.82) is 0 Å². The average Bonchev–Trinajstić information content (AvgIpc) is 3.30. The van der Waals surface area contributed by atoms with Gasteiger partial charge in [0.05, 0.1) is 0 Å². The lowest BCUT2D eigenvalue weighted by Crippen LogP contribution is -2.40. The highest BCUT2D eigenvalue weighted by Gasteiger charge is 2.12. The van der Waals surface area contributed by atoms with Gasteiger partial charge in [-0.2, -0.15) is 0 Å². The highest BCUT2D eigenvalue weighted by Crippen LogP contribution is 2.29. The van der Waals surface area contributed by atoms with Gasteiger partial charge in [0.25, 0.3) is 0 Å². The second-order valence-corrected chi connectivity index (χ2v) is 6.99. The van der Waals surface area contributed by atoms with Crippen LogP contribution in [0.4, 0.5) is 0 Å². The van der Waals surface area contributed by atoms with Crippen LogP contribution in [0.5, 0.6) is 0 Å². The van der Waals surface area contributed by atoms with Crippen LogP contribution >= 0.6 is 35.3 Å². The van der Waals surface area contributed by atoms with Gasteiger partial charge < -0.3 is 20.3 Å². The molecule has 0 bridgehead atoms. The Morgan fingerprint density at radius 3 is 2.89 bits per heavy atom. The molecule has 27 heavy (non-hydrogen) atoms. The Bertz CT molecular complexity index is 844. The molecule has 0 aliphatic carbocycles. The van der Waals surface area contributed by atoms with Crippen LogP contribution < -0.4 is 10.6 Å². The van der Waals surface area contributed by atoms with E-state index in [-0.39, 0.29) is 24.0 Å². The number of nitrogens with zero attached hydrogens (tertiary/aromatic N) is 4. The average molecular weight is 500 g/mol. The third-order valence-corrected chi connectivity index (χ3v) is 5.33. The number of fused-ring (bicyclic) bond motifs is 1. The van der Waals surface area contributed by atoms with Gasteiger partial charge in [-0.1, -0.05) is 25.1 Å². The Morgan fingerprint density at radius 2 is 2.15 bits per heavy atom. The number of aromatic nitrogens is 3. The number of rotatable bonds is 7. The number of aliphatic hydroxyl groups is 1. The van der Waals surface area contributed by atoms with E-state index in [4.69, 9.17) is 0 Å². The molecule has 1 aromatic carbocycles. The monoisotopic (exact) mass is 500 g/mol. The van der Waals surface area contributed by atoms with E-state index in [1.165, 1.54) is 4.70 Å². The minimum atomic E-state index is -0.574. The number of halogens is 1. The Labute approximate surface area is 179 Å². The maximum absolute atomic E-state index is 10.5. The van der Waals surface area contributed by atoms with Crippen molar-refractivity contribution in [2.45, 2.75) is 26.0 Å². The van der Waals surface area contributed by atoms with E-state index in [9.17, 15) is 5.11 Å². The molecule has 0 saturated heterocycles. The first-order valence-corrected chi connectivity index (χ1v) is 9.50. The number of nitrogens with one attached hydrogen (secondary N) is 2. The maximum atomic E-state index is 10.5. The summed E-state index contributed by atoms with van der Waals surface area (Å²) < 4.78 is 3.21. The van der Waals surface area contributed by atoms with E-state index in [0.29, 0.717) is 19.0 Å². The van der Waals surface area contributed by atoms with Crippen LogP contribution in [-0.2, 0) is 13.0 Å². The Morgan fingerprint density at radius 1 is 1.33 bits per heavy atom. The molecule has 1 unspecified atom stereocenters. The molecule has 3 N–H and O–H groups in total. The number of guanidine groups is 1. The molecule has 0 saturated carbocycles. The predicted molar refractivity (Wildman–Crippen MR) is 121 cm³/mol. The van der Waals surface area contributed by atoms with Crippen molar-refractivity contribution in [2.24, 2.45) is 4.99 Å². The molecule has 0 aliphatic rings. The van der Waals surface area contributed by atoms with Crippen molar-refractivity contribution in [2.75, 3.05) is 20.1 Å². The summed E-state index contributed by atoms with van der Waals surface area (Å²) in [5.41, 5.74) is 0. The predicted octanol–water partition coefficient (Wildman–Crippen LogP) is 2.57. The highest BCUT2D eigenvalue weighted by molar-refractivity contribution is 14.0. The molecule has 1 atom stereocenters. The molecule has 2 aromatic heterocycles. The summed E-state index contributed by atoms with van der Waals surface area (Å²) in [7, 11) is 1.72. The third kappa shape index (κ3) is 5.63. The van der Waals surface area contributed by atoms with Gasteiger partial charge in [0.15, 0.2) is 5.96 Å². The van der Waals surface area contributed by atoms with E-state index in [0.717, 1.165) is 29.1 Å². The lowest BCUT2D eigenvalue weighted by Gasteiger charge is -2.15. The summed E-state index contributed by atoms with van der Waals surface area (Å²) in [6.07, 6.45) is 2.02. The number of hydrogen-bond donors (Lipinski definition) is 3. The maximum Gasteiger partial charge on any atom is 0.191 e. The van der Waals surface area contributed by atoms with Crippen molar-refractivity contribution < 1.29 is 5.11 Å². The van der Waals surface area contributed by atoms with Crippen LogP contribution in [-0.4, -0.2) is 46.0 Å². The van der Waals surface area contributed by atoms with E-state index in [2.05, 4.69) is 44.9 Å². The standard InChI is InChI=1S/C18H24N6OS.HI/c1-3-17-23-22-12-24(17)9-8-20-18(19-2)21-11-14(25)16-10-13-6-4-5-7-15(13)26-16;/h4-7,10,12,14,25H,3,8-9,11H2,1-2H3,(H2,19,20,21);1H. The number of benzene rings is 1. The lowest BCUT2D eigenvalue weighted by molar-refractivity contribution is 0.184. The summed E-state index contributed by atoms with van der Waals surface area (Å²) in [6.45, 7) is 3.92. The molecule has 9 heteroatoms. The van der Waals surface area contributed by atoms with Gasteiger partial charge in [-0.15, -0.1) is 45.5 Å². The SMILES string of the molecule is CCc1nncn1CCNC(=NC)NCC(O)c1cc2ccccc2s1.I. The van der Waals surface area contributed by atoms with Gasteiger partial charge >= 0.3 is 0 Å². The zero-order valence-electron chi connectivity index (χ0n) is 15.4. The molecule has 0 aliphatic heterocycles. The fourth-order valence-electron chi connectivity index (χ4n) is 2.72. The zero-order chi connectivity index (χ0) is 18.4. The smallest absolute Gasteiger partial charge is 0.191 e. The summed E-state index contributed by atoms with van der Waals surface area (Å²) in [4.78, 5) is 5.15. The van der Waals surface area contributed by atoms with E-state index in [1.807, 2.05) is 22.8 Å². The number of hydrogen-bond acceptors (Lipinski definition) is 5. The van der Waals surface area contributed by atoms with Crippen LogP contribution in [0.1, 0.15) is 23.7 Å². The van der Waals surface area contributed by atoms with Crippen LogP contribution in [0, 0.1) is 0 Å². The summed E-state index contributed by atoms with van der Waals surface area (Å²) in [5, 5.41) is 26.0. The van der Waals surface area contributed by atoms with Crippen molar-refractivity contribution in [3.05, 3.63) is 47.4 Å². The molecule has 3 rings (SSSR count). The fourth-order valence-corrected chi connectivity index (χ4v) is 3.77. The van der Waals surface area contributed by atoms with Crippen LogP contribution in [0.25, 0.3) is 10.1 Å². The first kappa shape index (κ1) is 21.6. The fraction of sp³-hybridized carbons (Fsp3) is 0.389. The number of thiophene rings is 1. The second kappa shape index (κ2) is 10.6. The minimum absolute atomic E-state index is 0. The second-order valence-electron chi connectivity index (χ2n) is 5.88. The molecule has 0 amide bonds. The lowest BCUT2D eigenvalue weighted by atomic mass is 10.2. The van der Waals surface area contributed by atoms with Gasteiger partial charge in [0.1, 0.15) is 18.3 Å². The van der Waals surface area contributed by atoms with E-state index < -0.39 is 6.10 Å². The number of aryl methyl sites for hydroxylation is 1. The molecule has 3 aromatic rings. The van der Waals surface area contributed by atoms with Gasteiger partial charge in [0.2, 0.25) is 0 Å². The third-order valence-electron chi connectivity index (χ3n) is 4.12. The molecule has 0 spiro atoms. The topological polar surface area (TPSA) is 87.4 Å². The molecular formula is C18H25IN6OS. The minimum Gasteiger partial charge on any atom is -0.386 e. The quantitative estimate of drug-likeness (QED) is 0.264. The van der Waals surface area contributed by atoms with E-state index in [1.54, 1.807) is 24.7 Å². The number of aliphatic imine (C=N–C) groups is 1. The molecule has 7 nitrogen and oxygen atoms in total. The van der Waals surface area contributed by atoms with Crippen molar-refractivity contribution >= 4 is 51.4 Å². The van der Waals surface area contributed by atoms with Crippen molar-refractivity contribution in [3.8, 4) is 0 Å². The Kier molecular flexibility index (Phi) is 8.45. The van der Waals surface area contributed by atoms with E-state index >= 15 is 0 Å². The van der Waals surface area contributed by atoms with Crippen LogP contribution in [0.3, 0.4) is 0 Å². The van der Waals surface area contributed by atoms with Crippen LogP contribution in [0.15, 0.2) is 41.7 Å². The van der Waals surface area contributed by atoms with Gasteiger partial charge in [0, 0.05) is 42.7 Å². The van der Waals surface area contributed by atoms with Crippen molar-refractivity contribution in [1.82, 2.24) is 25.4 Å². The largest absolute Gasteiger partial charge is 0.386 e. The van der Waals surface area contributed by atoms with Gasteiger partial charge in [-0.3, -0.25) is 4.99 Å². The summed E-state index contributed by atoms with van der Waals surface area (Å²) >= 11 is 1.62. The summed E-state index contributed by atoms with van der Waals surface area (Å²) in [6, 6.07) is 10.2. The van der Waals surface area contributed by atoms with Gasteiger partial charge in [-0.05, 0) is 17.5 Å². The Hall–Kier alpha value is -1.72. The highest BCUT2D eigenvalue weighted by atomic mass is 127. The molecule has 0 fully saturated rings. The normalized spacial score (nSPS) is 12.6. The molecule has 0 radical (unpaired) electrons. The first-order chi connectivity index (χ1) is 12.7. The zero-order valence-corrected chi connectivity index (χ0v) is 18.6. The Balaban J connectivity index is 0.00000261. The first-order valence-electron chi connectivity index (χ1n) is 8.69. The van der Waals surface area contributed by atoms with Crippen molar-refractivity contribution in [3.63, 3.8) is 0 Å². The molecular weight excluding hydrogens is 475 g/mol.